The summed E-state index contributed by atoms with van der Waals surface area (Å²) in [5.41, 5.74) is 0. The van der Waals surface area contributed by atoms with E-state index in [1.807, 2.05) is 0 Å². The Morgan fingerprint density at radius 2 is 1.29 bits per heavy atom. The minimum Gasteiger partial charge on any atom is -0.762 e. The van der Waals surface area contributed by atoms with E-state index in [-0.39, 0.29) is 11.9 Å². The molecule has 0 aliphatic carbocycles. The fourth-order valence-electron chi connectivity index (χ4n) is 0.803. The molecule has 120 valence electrons. The summed E-state index contributed by atoms with van der Waals surface area (Å²) in [6.45, 7) is 0. The van der Waals surface area contributed by atoms with Crippen molar-refractivity contribution < 1.29 is 47.9 Å². The van der Waals surface area contributed by atoms with Gasteiger partial charge in [0.1, 0.15) is 6.07 Å². The molecule has 14 heteroatoms. The van der Waals surface area contributed by atoms with Crippen molar-refractivity contribution in [3.63, 3.8) is 0 Å². The van der Waals surface area contributed by atoms with Crippen LogP contribution in [-0.4, -0.2) is 37.6 Å². The van der Waals surface area contributed by atoms with Gasteiger partial charge in [-0.25, -0.2) is 14.3 Å². The van der Waals surface area contributed by atoms with Gasteiger partial charge in [0.2, 0.25) is 0 Å². The molecule has 0 fully saturated rings. The summed E-state index contributed by atoms with van der Waals surface area (Å²) < 4.78 is 133. The van der Waals surface area contributed by atoms with Gasteiger partial charge in [0.15, 0.2) is 4.91 Å². The molecule has 0 heterocycles. The third kappa shape index (κ3) is 2.46. The Morgan fingerprint density at radius 3 is 1.52 bits per heavy atom. The molecule has 0 spiro atoms. The fourth-order valence-corrected chi connectivity index (χ4v) is 1.77. The Morgan fingerprint density at radius 1 is 0.905 bits per heavy atom. The molecule has 4 nitrogen and oxygen atoms in total. The highest BCUT2D eigenvalue weighted by Gasteiger charge is 2.85. The standard InChI is InChI=1S/C7F9N2O2S/c8-4(9,6(12,13)14)5(10,11)7(15,16)21(19,20)3(1-17)2-18/q-1. The van der Waals surface area contributed by atoms with E-state index < -0.39 is 38.0 Å². The summed E-state index contributed by atoms with van der Waals surface area (Å²) >= 11 is 0. The molecule has 0 atom stereocenters. The zero-order valence-electron chi connectivity index (χ0n) is 9.02. The molecule has 0 aromatic heterocycles. The number of hydrogen-bond donors (Lipinski definition) is 0. The first kappa shape index (κ1) is 19.3. The van der Waals surface area contributed by atoms with Crippen LogP contribution in [0.3, 0.4) is 0 Å². The van der Waals surface area contributed by atoms with E-state index >= 15 is 0 Å². The topological polar surface area (TPSA) is 80.2 Å². The second kappa shape index (κ2) is 4.92. The Hall–Kier alpha value is -1.74. The van der Waals surface area contributed by atoms with E-state index in [1.165, 1.54) is 0 Å². The Bertz CT molecular complexity index is 621. The van der Waals surface area contributed by atoms with Crippen LogP contribution in [0.2, 0.25) is 0 Å². The quantitative estimate of drug-likeness (QED) is 0.445. The first-order valence-electron chi connectivity index (χ1n) is 4.14. The second-order valence-corrected chi connectivity index (χ2v) is 5.15. The number of rotatable bonds is 4. The Kier molecular flexibility index (Phi) is 4.51. The number of nitriles is 1. The molecule has 0 saturated heterocycles. The number of alkyl halides is 9. The van der Waals surface area contributed by atoms with Crippen LogP contribution in [0.1, 0.15) is 0 Å². The minimum absolute atomic E-state index is 0.189. The zero-order chi connectivity index (χ0) is 17.5. The monoisotopic (exact) mass is 347 g/mol. The van der Waals surface area contributed by atoms with E-state index in [0.29, 0.717) is 0 Å². The van der Waals surface area contributed by atoms with Crippen LogP contribution in [-0.2, 0) is 9.84 Å². The molecule has 0 aliphatic heterocycles. The van der Waals surface area contributed by atoms with E-state index in [0.717, 1.165) is 0 Å². The molecular formula is C7F9N2O2S-. The third-order valence-electron chi connectivity index (χ3n) is 1.93. The minimum atomic E-state index is -7.46. The van der Waals surface area contributed by atoms with Crippen molar-refractivity contribution in [1.29, 1.82) is 5.26 Å². The van der Waals surface area contributed by atoms with Gasteiger partial charge < -0.3 is 5.41 Å². The molecule has 0 radical (unpaired) electrons. The van der Waals surface area contributed by atoms with Crippen molar-refractivity contribution in [1.82, 2.24) is 0 Å². The van der Waals surface area contributed by atoms with Crippen molar-refractivity contribution in [3.05, 3.63) is 10.3 Å². The molecule has 0 bridgehead atoms. The maximum atomic E-state index is 13.0. The molecule has 0 aromatic rings. The molecular weight excluding hydrogens is 347 g/mol. The number of allylic oxidation sites excluding steroid dienone is 1. The smallest absolute Gasteiger partial charge is 0.460 e. The van der Waals surface area contributed by atoms with Crippen LogP contribution in [0.4, 0.5) is 39.5 Å². The molecule has 0 aromatic carbocycles. The van der Waals surface area contributed by atoms with Crippen LogP contribution < -0.4 is 0 Å². The Labute approximate surface area is 109 Å². The van der Waals surface area contributed by atoms with E-state index in [2.05, 4.69) is 0 Å². The summed E-state index contributed by atoms with van der Waals surface area (Å²) in [6.07, 6.45) is -7.21. The van der Waals surface area contributed by atoms with Gasteiger partial charge in [-0.05, 0) is 0 Å². The van der Waals surface area contributed by atoms with Gasteiger partial charge in [0.25, 0.3) is 9.84 Å². The Balaban J connectivity index is 6.42. The van der Waals surface area contributed by atoms with Crippen molar-refractivity contribution >= 4 is 15.7 Å². The van der Waals surface area contributed by atoms with Gasteiger partial charge in [-0.2, -0.15) is 44.8 Å². The predicted octanol–water partition coefficient (Wildman–Crippen LogP) is 2.47. The average molecular weight is 347 g/mol. The molecule has 0 unspecified atom stereocenters. The summed E-state index contributed by atoms with van der Waals surface area (Å²) in [5.74, 6) is -14.7. The first-order valence-corrected chi connectivity index (χ1v) is 5.62. The van der Waals surface area contributed by atoms with Gasteiger partial charge >= 0.3 is 23.3 Å². The molecule has 0 rings (SSSR count). The molecule has 0 N–H and O–H groups in total. The van der Waals surface area contributed by atoms with Gasteiger partial charge in [-0.15, -0.1) is 0 Å². The van der Waals surface area contributed by atoms with Crippen LogP contribution in [0.25, 0.3) is 5.41 Å². The van der Waals surface area contributed by atoms with Crippen molar-refractivity contribution in [3.8, 4) is 6.07 Å². The SMILES string of the molecule is N#CC(=C=[N-])S(=O)(=O)C(F)(F)C(F)(F)C(F)(F)C(F)(F)F. The fraction of sp³-hybridized carbons (Fsp3) is 0.571. The van der Waals surface area contributed by atoms with E-state index in [9.17, 15) is 47.9 Å². The van der Waals surface area contributed by atoms with Gasteiger partial charge in [-0.3, -0.25) is 0 Å². The van der Waals surface area contributed by atoms with Crippen molar-refractivity contribution in [2.24, 2.45) is 0 Å². The van der Waals surface area contributed by atoms with Crippen LogP contribution in [0.5, 0.6) is 0 Å². The molecule has 0 aliphatic rings. The normalized spacial score (nSPS) is 14.3. The van der Waals surface area contributed by atoms with Gasteiger partial charge in [-0.1, -0.05) is 0 Å². The summed E-state index contributed by atoms with van der Waals surface area (Å²) in [4.78, 5) is -2.65. The molecule has 0 amide bonds. The highest BCUT2D eigenvalue weighted by Crippen LogP contribution is 2.55. The first-order chi connectivity index (χ1) is 9.02. The van der Waals surface area contributed by atoms with Crippen LogP contribution in [0, 0.1) is 11.3 Å². The zero-order valence-corrected chi connectivity index (χ0v) is 9.84. The van der Waals surface area contributed by atoms with E-state index in [1.54, 1.807) is 0 Å². The lowest BCUT2D eigenvalue weighted by atomic mass is 10.1. The summed E-state index contributed by atoms with van der Waals surface area (Å²) in [6, 6.07) is 0.189. The lowest BCUT2D eigenvalue weighted by Crippen LogP contribution is -2.63. The maximum absolute atomic E-state index is 13.0. The number of halogens is 9. The van der Waals surface area contributed by atoms with Crippen LogP contribution in [0.15, 0.2) is 4.91 Å². The van der Waals surface area contributed by atoms with Crippen molar-refractivity contribution in [2.75, 3.05) is 0 Å². The van der Waals surface area contributed by atoms with Crippen LogP contribution >= 0.6 is 0 Å². The maximum Gasteiger partial charge on any atom is 0.460 e. The lowest BCUT2D eigenvalue weighted by molar-refractivity contribution is -0.382. The number of hydrogen-bond acceptors (Lipinski definition) is 3. The lowest BCUT2D eigenvalue weighted by Gasteiger charge is -2.32. The number of nitrogens with zero attached hydrogens (tertiary/aromatic N) is 2. The molecule has 21 heavy (non-hydrogen) atoms. The summed E-state index contributed by atoms with van der Waals surface area (Å²) in [5, 5.41) is 8.90. The third-order valence-corrected chi connectivity index (χ3v) is 3.58. The average Bonchev–Trinajstić information content (AvgIpc) is 2.27. The van der Waals surface area contributed by atoms with E-state index in [4.69, 9.17) is 10.7 Å². The largest absolute Gasteiger partial charge is 0.762 e. The summed E-state index contributed by atoms with van der Waals surface area (Å²) in [7, 11) is -7.07. The highest BCUT2D eigenvalue weighted by atomic mass is 32.2. The van der Waals surface area contributed by atoms with Gasteiger partial charge in [0, 0.05) is 0 Å². The number of sulfone groups is 1. The highest BCUT2D eigenvalue weighted by molar-refractivity contribution is 7.96. The second-order valence-electron chi connectivity index (χ2n) is 3.22. The van der Waals surface area contributed by atoms with Gasteiger partial charge in [0.05, 0.1) is 0 Å². The molecule has 0 saturated carbocycles. The predicted molar refractivity (Wildman–Crippen MR) is 47.3 cm³/mol. The van der Waals surface area contributed by atoms with Crippen molar-refractivity contribution in [2.45, 2.75) is 23.3 Å².